The van der Waals surface area contributed by atoms with Crippen molar-refractivity contribution < 1.29 is 4.74 Å². The number of morpholine rings is 1. The van der Waals surface area contributed by atoms with Gasteiger partial charge in [-0.2, -0.15) is 0 Å². The first kappa shape index (κ1) is 19.4. The van der Waals surface area contributed by atoms with Crippen LogP contribution in [0.1, 0.15) is 61.9 Å². The molecule has 3 aliphatic heterocycles. The zero-order chi connectivity index (χ0) is 19.0. The van der Waals surface area contributed by atoms with Crippen molar-refractivity contribution in [2.45, 2.75) is 64.1 Å². The van der Waals surface area contributed by atoms with Gasteiger partial charge in [0, 0.05) is 25.7 Å². The average molecular weight is 372 g/mol. The molecule has 2 fully saturated rings. The molecule has 0 unspecified atom stereocenters. The van der Waals surface area contributed by atoms with E-state index in [-0.39, 0.29) is 5.41 Å². The number of ether oxygens (including phenoxy) is 1. The Hall–Kier alpha value is -0.940. The maximum Gasteiger partial charge on any atom is 0.0662 e. The first-order valence-corrected chi connectivity index (χ1v) is 10.8. The number of hydrogen-bond donors (Lipinski definition) is 1. The minimum absolute atomic E-state index is 0.185. The Morgan fingerprint density at radius 2 is 1.89 bits per heavy atom. The van der Waals surface area contributed by atoms with Gasteiger partial charge in [-0.25, -0.2) is 0 Å². The molecule has 4 nitrogen and oxygen atoms in total. The lowest BCUT2D eigenvalue weighted by Gasteiger charge is -2.41. The van der Waals surface area contributed by atoms with Gasteiger partial charge in [-0.15, -0.1) is 0 Å². The van der Waals surface area contributed by atoms with Crippen LogP contribution in [0.2, 0.25) is 0 Å². The van der Waals surface area contributed by atoms with E-state index in [1.54, 1.807) is 11.1 Å². The van der Waals surface area contributed by atoms with Gasteiger partial charge < -0.3 is 15.0 Å². The van der Waals surface area contributed by atoms with Gasteiger partial charge in [0.25, 0.3) is 0 Å². The SMILES string of the molecule is CN1CCC(N2CCc3cc(C(C)(C)C)cc([C@@H]4COCCN4)c3C2)CC1. The summed E-state index contributed by atoms with van der Waals surface area (Å²) in [6, 6.07) is 6.06. The van der Waals surface area contributed by atoms with Gasteiger partial charge in [-0.1, -0.05) is 32.9 Å². The second-order valence-electron chi connectivity index (χ2n) is 9.79. The first-order valence-electron chi connectivity index (χ1n) is 10.8. The fraction of sp³-hybridized carbons (Fsp3) is 0.739. The summed E-state index contributed by atoms with van der Waals surface area (Å²) in [4.78, 5) is 5.23. The summed E-state index contributed by atoms with van der Waals surface area (Å²) in [6.07, 6.45) is 3.81. The molecule has 0 amide bonds. The van der Waals surface area contributed by atoms with Crippen LogP contribution in [0.3, 0.4) is 0 Å². The fourth-order valence-electron chi connectivity index (χ4n) is 4.90. The number of benzene rings is 1. The van der Waals surface area contributed by atoms with Gasteiger partial charge in [0.15, 0.2) is 0 Å². The van der Waals surface area contributed by atoms with Crippen LogP contribution in [0.5, 0.6) is 0 Å². The number of fused-ring (bicyclic) bond motifs is 1. The van der Waals surface area contributed by atoms with Crippen molar-refractivity contribution in [3.8, 4) is 0 Å². The van der Waals surface area contributed by atoms with Crippen LogP contribution in [-0.4, -0.2) is 62.3 Å². The third-order valence-corrected chi connectivity index (χ3v) is 6.77. The van der Waals surface area contributed by atoms with Crippen LogP contribution in [-0.2, 0) is 23.1 Å². The highest BCUT2D eigenvalue weighted by Gasteiger charge is 2.31. The van der Waals surface area contributed by atoms with E-state index >= 15 is 0 Å². The van der Waals surface area contributed by atoms with Crippen LogP contribution in [0.25, 0.3) is 0 Å². The summed E-state index contributed by atoms with van der Waals surface area (Å²) < 4.78 is 5.83. The summed E-state index contributed by atoms with van der Waals surface area (Å²) >= 11 is 0. The number of nitrogens with zero attached hydrogens (tertiary/aromatic N) is 2. The van der Waals surface area contributed by atoms with Crippen LogP contribution in [0.15, 0.2) is 12.1 Å². The molecule has 3 aliphatic rings. The topological polar surface area (TPSA) is 27.7 Å². The first-order chi connectivity index (χ1) is 12.9. The molecule has 4 heteroatoms. The molecule has 4 rings (SSSR count). The Morgan fingerprint density at radius 1 is 1.11 bits per heavy atom. The molecule has 1 aromatic carbocycles. The van der Waals surface area contributed by atoms with E-state index in [0.29, 0.717) is 6.04 Å². The number of nitrogens with one attached hydrogen (secondary N) is 1. The number of rotatable bonds is 2. The van der Waals surface area contributed by atoms with Crippen LogP contribution >= 0.6 is 0 Å². The molecular weight excluding hydrogens is 334 g/mol. The van der Waals surface area contributed by atoms with E-state index in [1.165, 1.54) is 50.0 Å². The molecule has 1 aromatic rings. The highest BCUT2D eigenvalue weighted by atomic mass is 16.5. The smallest absolute Gasteiger partial charge is 0.0662 e. The Kier molecular flexibility index (Phi) is 5.62. The predicted molar refractivity (Wildman–Crippen MR) is 111 cm³/mol. The van der Waals surface area contributed by atoms with Gasteiger partial charge in [0.05, 0.1) is 19.3 Å². The van der Waals surface area contributed by atoms with Crippen molar-refractivity contribution in [3.05, 3.63) is 34.4 Å². The molecular formula is C23H37N3O. The summed E-state index contributed by atoms with van der Waals surface area (Å²) in [6.45, 7) is 14.4. The average Bonchev–Trinajstić information content (AvgIpc) is 2.67. The minimum atomic E-state index is 0.185. The fourth-order valence-corrected chi connectivity index (χ4v) is 4.90. The molecule has 0 radical (unpaired) electrons. The zero-order valence-corrected chi connectivity index (χ0v) is 17.7. The highest BCUT2D eigenvalue weighted by Crippen LogP contribution is 2.35. The van der Waals surface area contributed by atoms with Gasteiger partial charge in [-0.05, 0) is 67.1 Å². The van der Waals surface area contributed by atoms with Crippen molar-refractivity contribution in [3.63, 3.8) is 0 Å². The molecule has 3 heterocycles. The maximum atomic E-state index is 5.83. The lowest BCUT2D eigenvalue weighted by molar-refractivity contribution is 0.0749. The van der Waals surface area contributed by atoms with E-state index in [0.717, 1.165) is 32.3 Å². The Labute approximate surface area is 165 Å². The van der Waals surface area contributed by atoms with E-state index in [1.807, 2.05) is 0 Å². The van der Waals surface area contributed by atoms with E-state index in [4.69, 9.17) is 4.74 Å². The third-order valence-electron chi connectivity index (χ3n) is 6.77. The van der Waals surface area contributed by atoms with Crippen molar-refractivity contribution in [1.82, 2.24) is 15.1 Å². The predicted octanol–water partition coefficient (Wildman–Crippen LogP) is 3.10. The second kappa shape index (κ2) is 7.82. The molecule has 2 saturated heterocycles. The Bertz CT molecular complexity index is 652. The highest BCUT2D eigenvalue weighted by molar-refractivity contribution is 5.45. The summed E-state index contributed by atoms with van der Waals surface area (Å²) in [5, 5.41) is 3.71. The lowest BCUT2D eigenvalue weighted by Crippen LogP contribution is -2.46. The van der Waals surface area contributed by atoms with Crippen molar-refractivity contribution in [2.24, 2.45) is 0 Å². The molecule has 0 aromatic heterocycles. The molecule has 0 aliphatic carbocycles. The maximum absolute atomic E-state index is 5.83. The van der Waals surface area contributed by atoms with Crippen molar-refractivity contribution >= 4 is 0 Å². The second-order valence-corrected chi connectivity index (χ2v) is 9.79. The third kappa shape index (κ3) is 4.24. The van der Waals surface area contributed by atoms with Crippen LogP contribution in [0.4, 0.5) is 0 Å². The van der Waals surface area contributed by atoms with Crippen LogP contribution in [0, 0.1) is 0 Å². The normalized spacial score (nSPS) is 26.1. The number of likely N-dealkylation sites (tertiary alicyclic amines) is 1. The quantitative estimate of drug-likeness (QED) is 0.865. The minimum Gasteiger partial charge on any atom is -0.378 e. The zero-order valence-electron chi connectivity index (χ0n) is 17.7. The Morgan fingerprint density at radius 3 is 2.56 bits per heavy atom. The Balaban J connectivity index is 1.64. The summed E-state index contributed by atoms with van der Waals surface area (Å²) in [5.41, 5.74) is 6.31. The lowest BCUT2D eigenvalue weighted by atomic mass is 9.80. The molecule has 1 atom stereocenters. The molecule has 0 spiro atoms. The van der Waals surface area contributed by atoms with Crippen molar-refractivity contribution in [2.75, 3.05) is 46.4 Å². The van der Waals surface area contributed by atoms with Gasteiger partial charge in [-0.3, -0.25) is 4.90 Å². The monoisotopic (exact) mass is 371 g/mol. The number of hydrogen-bond acceptors (Lipinski definition) is 4. The molecule has 27 heavy (non-hydrogen) atoms. The number of piperidine rings is 1. The largest absolute Gasteiger partial charge is 0.378 e. The van der Waals surface area contributed by atoms with Gasteiger partial charge >= 0.3 is 0 Å². The summed E-state index contributed by atoms with van der Waals surface area (Å²) in [7, 11) is 2.25. The van der Waals surface area contributed by atoms with Gasteiger partial charge in [0.1, 0.15) is 0 Å². The molecule has 1 N–H and O–H groups in total. The molecule has 0 bridgehead atoms. The standard InChI is InChI=1S/C23H37N3O/c1-23(2,3)18-13-17-5-11-26(19-6-9-25(4)10-7-19)15-21(17)20(14-18)22-16-27-12-8-24-22/h13-14,19,22,24H,5-12,15-16H2,1-4H3/t22-/m0/s1. The van der Waals surface area contributed by atoms with Crippen molar-refractivity contribution in [1.29, 1.82) is 0 Å². The molecule has 0 saturated carbocycles. The summed E-state index contributed by atoms with van der Waals surface area (Å²) in [5.74, 6) is 0. The molecule has 150 valence electrons. The van der Waals surface area contributed by atoms with E-state index in [9.17, 15) is 0 Å². The van der Waals surface area contributed by atoms with E-state index < -0.39 is 0 Å². The van der Waals surface area contributed by atoms with Gasteiger partial charge in [0.2, 0.25) is 0 Å². The van der Waals surface area contributed by atoms with E-state index in [2.05, 4.69) is 55.1 Å². The van der Waals surface area contributed by atoms with Crippen LogP contribution < -0.4 is 5.32 Å².